The molecular formula is C16H24ClN3OS. The van der Waals surface area contributed by atoms with Crippen LogP contribution < -0.4 is 10.2 Å². The molecule has 4 nitrogen and oxygen atoms in total. The van der Waals surface area contributed by atoms with E-state index in [0.717, 1.165) is 31.1 Å². The second-order valence-corrected chi connectivity index (χ2v) is 7.16. The van der Waals surface area contributed by atoms with Gasteiger partial charge in [-0.3, -0.25) is 9.69 Å². The van der Waals surface area contributed by atoms with Crippen LogP contribution in [0, 0.1) is 0 Å². The molecule has 0 spiro atoms. The zero-order chi connectivity index (χ0) is 14.8. The van der Waals surface area contributed by atoms with Gasteiger partial charge in [0.15, 0.2) is 0 Å². The van der Waals surface area contributed by atoms with E-state index in [2.05, 4.69) is 36.2 Å². The molecule has 0 radical (unpaired) electrons. The number of nitrogens with one attached hydrogen (secondary N) is 1. The van der Waals surface area contributed by atoms with Crippen LogP contribution in [0.25, 0.3) is 0 Å². The Labute approximate surface area is 143 Å². The highest BCUT2D eigenvalue weighted by atomic mass is 35.5. The number of fused-ring (bicyclic) bond motifs is 1. The molecule has 2 heterocycles. The lowest BCUT2D eigenvalue weighted by Crippen LogP contribution is -2.56. The number of piperazine rings is 1. The number of amides is 1. The molecular weight excluding hydrogens is 318 g/mol. The molecule has 0 aromatic heterocycles. The SMILES string of the molecule is CC1CN(CC(=O)N2CCSc3ccccc32)CC(C)N1.Cl. The van der Waals surface area contributed by atoms with Crippen molar-refractivity contribution >= 4 is 35.8 Å². The van der Waals surface area contributed by atoms with Gasteiger partial charge in [-0.15, -0.1) is 24.2 Å². The second-order valence-electron chi connectivity index (χ2n) is 6.02. The van der Waals surface area contributed by atoms with Gasteiger partial charge in [-0.2, -0.15) is 0 Å². The molecule has 0 saturated carbocycles. The first-order valence-corrected chi connectivity index (χ1v) is 8.62. The molecule has 1 amide bonds. The van der Waals surface area contributed by atoms with Crippen LogP contribution in [0.1, 0.15) is 13.8 Å². The summed E-state index contributed by atoms with van der Waals surface area (Å²) >= 11 is 1.84. The number of halogens is 1. The van der Waals surface area contributed by atoms with Gasteiger partial charge in [0.25, 0.3) is 0 Å². The van der Waals surface area contributed by atoms with Crippen LogP contribution >= 0.6 is 24.2 Å². The monoisotopic (exact) mass is 341 g/mol. The number of nitrogens with zero attached hydrogens (tertiary/aromatic N) is 2. The third kappa shape index (κ3) is 3.96. The van der Waals surface area contributed by atoms with Gasteiger partial charge in [-0.1, -0.05) is 12.1 Å². The predicted octanol–water partition coefficient (Wildman–Crippen LogP) is 2.23. The molecule has 1 saturated heterocycles. The van der Waals surface area contributed by atoms with Gasteiger partial charge in [-0.25, -0.2) is 0 Å². The van der Waals surface area contributed by atoms with Crippen molar-refractivity contribution in [2.75, 3.05) is 36.8 Å². The van der Waals surface area contributed by atoms with Gasteiger partial charge in [-0.05, 0) is 26.0 Å². The van der Waals surface area contributed by atoms with Crippen molar-refractivity contribution in [2.24, 2.45) is 0 Å². The third-order valence-corrected chi connectivity index (χ3v) is 5.06. The molecule has 0 aliphatic carbocycles. The summed E-state index contributed by atoms with van der Waals surface area (Å²) in [6, 6.07) is 9.12. The summed E-state index contributed by atoms with van der Waals surface area (Å²) < 4.78 is 0. The quantitative estimate of drug-likeness (QED) is 0.894. The normalized spacial score (nSPS) is 25.3. The van der Waals surface area contributed by atoms with Crippen LogP contribution in [-0.2, 0) is 4.79 Å². The number of rotatable bonds is 2. The molecule has 1 aromatic rings. The number of hydrogen-bond donors (Lipinski definition) is 1. The van der Waals surface area contributed by atoms with Crippen molar-refractivity contribution in [1.29, 1.82) is 0 Å². The molecule has 2 aliphatic rings. The number of anilines is 1. The Morgan fingerprint density at radius 1 is 1.27 bits per heavy atom. The first kappa shape index (κ1) is 17.6. The number of carbonyl (C=O) groups is 1. The third-order valence-electron chi connectivity index (χ3n) is 4.02. The van der Waals surface area contributed by atoms with E-state index in [0.29, 0.717) is 18.6 Å². The summed E-state index contributed by atoms with van der Waals surface area (Å²) in [4.78, 5) is 18.2. The Hall–Kier alpha value is -0.750. The highest BCUT2D eigenvalue weighted by Crippen LogP contribution is 2.34. The average Bonchev–Trinajstić information content (AvgIpc) is 2.45. The fourth-order valence-electron chi connectivity index (χ4n) is 3.27. The van der Waals surface area contributed by atoms with E-state index >= 15 is 0 Å². The van der Waals surface area contributed by atoms with Crippen molar-refractivity contribution in [2.45, 2.75) is 30.8 Å². The summed E-state index contributed by atoms with van der Waals surface area (Å²) in [5.74, 6) is 1.21. The molecule has 2 atom stereocenters. The minimum absolute atomic E-state index is 0. The van der Waals surface area contributed by atoms with Crippen LogP contribution in [0.5, 0.6) is 0 Å². The lowest BCUT2D eigenvalue weighted by Gasteiger charge is -2.37. The van der Waals surface area contributed by atoms with Crippen LogP contribution in [0.3, 0.4) is 0 Å². The molecule has 22 heavy (non-hydrogen) atoms. The maximum absolute atomic E-state index is 12.7. The molecule has 6 heteroatoms. The van der Waals surface area contributed by atoms with Gasteiger partial charge in [0.05, 0.1) is 12.2 Å². The zero-order valence-corrected chi connectivity index (χ0v) is 14.8. The number of carbonyl (C=O) groups excluding carboxylic acids is 1. The first-order chi connectivity index (χ1) is 10.1. The number of benzene rings is 1. The fraction of sp³-hybridized carbons (Fsp3) is 0.562. The standard InChI is InChI=1S/C16H23N3OS.ClH/c1-12-9-18(10-13(2)17-12)11-16(20)19-7-8-21-15-6-4-3-5-14(15)19;/h3-6,12-13,17H,7-11H2,1-2H3;1H. The molecule has 2 aliphatic heterocycles. The minimum Gasteiger partial charge on any atom is -0.309 e. The maximum atomic E-state index is 12.7. The average molecular weight is 342 g/mol. The lowest BCUT2D eigenvalue weighted by atomic mass is 10.1. The topological polar surface area (TPSA) is 35.6 Å². The molecule has 0 bridgehead atoms. The van der Waals surface area contributed by atoms with Crippen molar-refractivity contribution < 1.29 is 4.79 Å². The van der Waals surface area contributed by atoms with Gasteiger partial charge in [0, 0.05) is 42.4 Å². The fourth-order valence-corrected chi connectivity index (χ4v) is 4.27. The van der Waals surface area contributed by atoms with Gasteiger partial charge in [0.1, 0.15) is 0 Å². The molecule has 1 aromatic carbocycles. The van der Waals surface area contributed by atoms with Gasteiger partial charge < -0.3 is 10.2 Å². The largest absolute Gasteiger partial charge is 0.309 e. The van der Waals surface area contributed by atoms with E-state index in [4.69, 9.17) is 0 Å². The lowest BCUT2D eigenvalue weighted by molar-refractivity contribution is -0.120. The van der Waals surface area contributed by atoms with Crippen LogP contribution in [-0.4, -0.2) is 54.8 Å². The van der Waals surface area contributed by atoms with E-state index in [9.17, 15) is 4.79 Å². The number of para-hydroxylation sites is 1. The van der Waals surface area contributed by atoms with Crippen molar-refractivity contribution in [3.63, 3.8) is 0 Å². The van der Waals surface area contributed by atoms with E-state index in [1.165, 1.54) is 4.90 Å². The van der Waals surface area contributed by atoms with Crippen molar-refractivity contribution in [1.82, 2.24) is 10.2 Å². The van der Waals surface area contributed by atoms with E-state index in [-0.39, 0.29) is 18.3 Å². The summed E-state index contributed by atoms with van der Waals surface area (Å²) in [5, 5.41) is 3.51. The van der Waals surface area contributed by atoms with Gasteiger partial charge in [0.2, 0.25) is 5.91 Å². The Balaban J connectivity index is 0.00000176. The first-order valence-electron chi connectivity index (χ1n) is 7.64. The Kier molecular flexibility index (Phi) is 6.15. The Morgan fingerprint density at radius 2 is 1.95 bits per heavy atom. The van der Waals surface area contributed by atoms with Crippen molar-refractivity contribution in [3.8, 4) is 0 Å². The van der Waals surface area contributed by atoms with Crippen molar-refractivity contribution in [3.05, 3.63) is 24.3 Å². The Morgan fingerprint density at radius 3 is 2.68 bits per heavy atom. The van der Waals surface area contributed by atoms with Gasteiger partial charge >= 0.3 is 0 Å². The van der Waals surface area contributed by atoms with E-state index in [1.807, 2.05) is 28.8 Å². The number of thioether (sulfide) groups is 1. The molecule has 3 rings (SSSR count). The summed E-state index contributed by atoms with van der Waals surface area (Å²) in [5.41, 5.74) is 1.08. The minimum atomic E-state index is 0. The summed E-state index contributed by atoms with van der Waals surface area (Å²) in [6.07, 6.45) is 0. The van der Waals surface area contributed by atoms with Crippen LogP contribution in [0.4, 0.5) is 5.69 Å². The molecule has 2 unspecified atom stereocenters. The Bertz CT molecular complexity index is 518. The maximum Gasteiger partial charge on any atom is 0.241 e. The van der Waals surface area contributed by atoms with E-state index < -0.39 is 0 Å². The van der Waals surface area contributed by atoms with Crippen LogP contribution in [0.2, 0.25) is 0 Å². The summed E-state index contributed by atoms with van der Waals surface area (Å²) in [7, 11) is 0. The van der Waals surface area contributed by atoms with Crippen LogP contribution in [0.15, 0.2) is 29.2 Å². The second kappa shape index (κ2) is 7.68. The number of hydrogen-bond acceptors (Lipinski definition) is 4. The van der Waals surface area contributed by atoms with E-state index in [1.54, 1.807) is 0 Å². The highest BCUT2D eigenvalue weighted by molar-refractivity contribution is 7.99. The molecule has 122 valence electrons. The molecule has 1 N–H and O–H groups in total. The zero-order valence-electron chi connectivity index (χ0n) is 13.1. The highest BCUT2D eigenvalue weighted by Gasteiger charge is 2.27. The molecule has 1 fully saturated rings. The summed E-state index contributed by atoms with van der Waals surface area (Å²) in [6.45, 7) is 7.59. The predicted molar refractivity (Wildman–Crippen MR) is 95.3 cm³/mol. The smallest absolute Gasteiger partial charge is 0.241 e.